The minimum absolute atomic E-state index is 0.195. The highest BCUT2D eigenvalue weighted by Crippen LogP contribution is 2.14. The molecule has 2 unspecified atom stereocenters. The molecule has 0 saturated heterocycles. The molecule has 3 heteroatoms. The van der Waals surface area contributed by atoms with E-state index in [2.05, 4.69) is 31.3 Å². The Morgan fingerprint density at radius 3 is 2.31 bits per heavy atom. The summed E-state index contributed by atoms with van der Waals surface area (Å²) in [7, 11) is 1.18. The van der Waals surface area contributed by atoms with Crippen LogP contribution in [0.25, 0.3) is 0 Å². The lowest BCUT2D eigenvalue weighted by atomic mass is 10.1. The van der Waals surface area contributed by atoms with Gasteiger partial charge in [-0.1, -0.05) is 44.2 Å². The standard InChI is InChI=1S/C13H21NOS/c1-11(2)9-16(15)10-13(14-3)12-7-5-4-6-8-12/h4-8,11,13-14H,9-10H2,1-3H3. The van der Waals surface area contributed by atoms with Crippen molar-refractivity contribution in [3.63, 3.8) is 0 Å². The van der Waals surface area contributed by atoms with E-state index in [0.717, 1.165) is 5.75 Å². The number of benzene rings is 1. The first kappa shape index (κ1) is 13.4. The van der Waals surface area contributed by atoms with Gasteiger partial charge >= 0.3 is 0 Å². The maximum atomic E-state index is 11.9. The van der Waals surface area contributed by atoms with Crippen molar-refractivity contribution in [2.75, 3.05) is 18.6 Å². The number of nitrogens with one attached hydrogen (secondary N) is 1. The third-order valence-electron chi connectivity index (χ3n) is 2.42. The molecule has 0 aliphatic carbocycles. The molecular formula is C13H21NOS. The van der Waals surface area contributed by atoms with Crippen molar-refractivity contribution in [1.29, 1.82) is 0 Å². The van der Waals surface area contributed by atoms with Gasteiger partial charge in [0, 0.05) is 28.3 Å². The van der Waals surface area contributed by atoms with Crippen LogP contribution in [-0.4, -0.2) is 22.8 Å². The van der Waals surface area contributed by atoms with Gasteiger partial charge in [-0.25, -0.2) is 0 Å². The van der Waals surface area contributed by atoms with Gasteiger partial charge in [0.25, 0.3) is 0 Å². The van der Waals surface area contributed by atoms with Crippen LogP contribution in [0.3, 0.4) is 0 Å². The van der Waals surface area contributed by atoms with Crippen LogP contribution in [-0.2, 0) is 10.8 Å². The average Bonchev–Trinajstić information content (AvgIpc) is 2.26. The molecule has 0 fully saturated rings. The molecule has 0 radical (unpaired) electrons. The van der Waals surface area contributed by atoms with Crippen molar-refractivity contribution in [1.82, 2.24) is 5.32 Å². The lowest BCUT2D eigenvalue weighted by molar-refractivity contribution is 0.626. The van der Waals surface area contributed by atoms with Gasteiger partial charge in [-0.05, 0) is 18.5 Å². The Hall–Kier alpha value is -0.670. The van der Waals surface area contributed by atoms with Crippen molar-refractivity contribution in [3.05, 3.63) is 35.9 Å². The average molecular weight is 239 g/mol. The summed E-state index contributed by atoms with van der Waals surface area (Å²) < 4.78 is 11.9. The first-order chi connectivity index (χ1) is 7.63. The molecule has 90 valence electrons. The smallest absolute Gasteiger partial charge is 0.0434 e. The first-order valence-electron chi connectivity index (χ1n) is 5.70. The molecule has 0 aromatic heterocycles. The molecule has 0 aliphatic rings. The Morgan fingerprint density at radius 1 is 1.19 bits per heavy atom. The molecule has 1 aromatic carbocycles. The fourth-order valence-electron chi connectivity index (χ4n) is 1.66. The van der Waals surface area contributed by atoms with Gasteiger partial charge in [-0.2, -0.15) is 0 Å². The third kappa shape index (κ3) is 4.45. The summed E-state index contributed by atoms with van der Waals surface area (Å²) in [5, 5.41) is 3.23. The molecule has 0 amide bonds. The van der Waals surface area contributed by atoms with Crippen LogP contribution in [0.4, 0.5) is 0 Å². The van der Waals surface area contributed by atoms with Gasteiger partial charge in [0.05, 0.1) is 0 Å². The van der Waals surface area contributed by atoms with E-state index in [4.69, 9.17) is 0 Å². The second kappa shape index (κ2) is 6.81. The summed E-state index contributed by atoms with van der Waals surface area (Å²) in [5.41, 5.74) is 1.21. The Morgan fingerprint density at radius 2 is 1.81 bits per heavy atom. The van der Waals surface area contributed by atoms with Crippen LogP contribution >= 0.6 is 0 Å². The van der Waals surface area contributed by atoms with E-state index in [1.165, 1.54) is 5.56 Å². The predicted molar refractivity (Wildman–Crippen MR) is 71.0 cm³/mol. The first-order valence-corrected chi connectivity index (χ1v) is 7.19. The van der Waals surface area contributed by atoms with E-state index >= 15 is 0 Å². The van der Waals surface area contributed by atoms with Crippen molar-refractivity contribution in [3.8, 4) is 0 Å². The quantitative estimate of drug-likeness (QED) is 0.825. The van der Waals surface area contributed by atoms with Gasteiger partial charge in [-0.15, -0.1) is 0 Å². The summed E-state index contributed by atoms with van der Waals surface area (Å²) in [5.74, 6) is 1.97. The summed E-state index contributed by atoms with van der Waals surface area (Å²) in [6.07, 6.45) is 0. The fourth-order valence-corrected chi connectivity index (χ4v) is 3.27. The van der Waals surface area contributed by atoms with E-state index < -0.39 is 10.8 Å². The molecule has 1 rings (SSSR count). The Bertz CT molecular complexity index is 324. The lowest BCUT2D eigenvalue weighted by Crippen LogP contribution is -2.24. The zero-order chi connectivity index (χ0) is 12.0. The molecule has 2 atom stereocenters. The van der Waals surface area contributed by atoms with Gasteiger partial charge in [0.15, 0.2) is 0 Å². The van der Waals surface area contributed by atoms with Crippen molar-refractivity contribution >= 4 is 10.8 Å². The molecule has 0 saturated carbocycles. The molecule has 1 N–H and O–H groups in total. The molecule has 0 spiro atoms. The maximum Gasteiger partial charge on any atom is 0.0434 e. The van der Waals surface area contributed by atoms with Crippen LogP contribution in [0.2, 0.25) is 0 Å². The zero-order valence-electron chi connectivity index (χ0n) is 10.3. The van der Waals surface area contributed by atoms with E-state index in [1.54, 1.807) is 0 Å². The fraction of sp³-hybridized carbons (Fsp3) is 0.538. The molecule has 1 aromatic rings. The minimum atomic E-state index is -0.743. The summed E-state index contributed by atoms with van der Waals surface area (Å²) >= 11 is 0. The van der Waals surface area contributed by atoms with Crippen LogP contribution in [0, 0.1) is 5.92 Å². The number of hydrogen-bond acceptors (Lipinski definition) is 2. The Balaban J connectivity index is 2.59. The van der Waals surface area contributed by atoms with E-state index in [0.29, 0.717) is 11.7 Å². The summed E-state index contributed by atoms with van der Waals surface area (Å²) in [6, 6.07) is 10.4. The topological polar surface area (TPSA) is 29.1 Å². The van der Waals surface area contributed by atoms with Crippen molar-refractivity contribution in [2.24, 2.45) is 5.92 Å². The highest BCUT2D eigenvalue weighted by molar-refractivity contribution is 7.85. The number of rotatable bonds is 6. The largest absolute Gasteiger partial charge is 0.312 e. The van der Waals surface area contributed by atoms with Gasteiger partial charge < -0.3 is 5.32 Å². The van der Waals surface area contributed by atoms with E-state index in [9.17, 15) is 4.21 Å². The van der Waals surface area contributed by atoms with Crippen molar-refractivity contribution < 1.29 is 4.21 Å². The Kier molecular flexibility index (Phi) is 5.71. The lowest BCUT2D eigenvalue weighted by Gasteiger charge is -2.16. The van der Waals surface area contributed by atoms with Crippen LogP contribution in [0.1, 0.15) is 25.5 Å². The SMILES string of the molecule is CNC(CS(=O)CC(C)C)c1ccccc1. The van der Waals surface area contributed by atoms with Crippen LogP contribution in [0.5, 0.6) is 0 Å². The maximum absolute atomic E-state index is 11.9. The molecular weight excluding hydrogens is 218 g/mol. The Labute approximate surface area is 101 Å². The van der Waals surface area contributed by atoms with Crippen molar-refractivity contribution in [2.45, 2.75) is 19.9 Å². The second-order valence-corrected chi connectivity index (χ2v) is 5.97. The van der Waals surface area contributed by atoms with E-state index in [1.807, 2.05) is 25.2 Å². The predicted octanol–water partition coefficient (Wildman–Crippen LogP) is 2.35. The van der Waals surface area contributed by atoms with E-state index in [-0.39, 0.29) is 6.04 Å². The molecule has 0 bridgehead atoms. The molecule has 0 heterocycles. The highest BCUT2D eigenvalue weighted by Gasteiger charge is 2.13. The molecule has 0 aliphatic heterocycles. The summed E-state index contributed by atoms with van der Waals surface area (Å²) in [4.78, 5) is 0. The van der Waals surface area contributed by atoms with Gasteiger partial charge in [-0.3, -0.25) is 4.21 Å². The minimum Gasteiger partial charge on any atom is -0.312 e. The second-order valence-electron chi connectivity index (χ2n) is 4.42. The molecule has 16 heavy (non-hydrogen) atoms. The third-order valence-corrected chi connectivity index (χ3v) is 4.17. The zero-order valence-corrected chi connectivity index (χ0v) is 11.1. The highest BCUT2D eigenvalue weighted by atomic mass is 32.2. The molecule has 2 nitrogen and oxygen atoms in total. The summed E-state index contributed by atoms with van der Waals surface area (Å²) in [6.45, 7) is 4.21. The van der Waals surface area contributed by atoms with Crippen LogP contribution in [0.15, 0.2) is 30.3 Å². The van der Waals surface area contributed by atoms with Gasteiger partial charge in [0.2, 0.25) is 0 Å². The number of hydrogen-bond donors (Lipinski definition) is 1. The normalized spacial score (nSPS) is 15.0. The van der Waals surface area contributed by atoms with Gasteiger partial charge in [0.1, 0.15) is 0 Å². The van der Waals surface area contributed by atoms with Crippen LogP contribution < -0.4 is 5.32 Å². The monoisotopic (exact) mass is 239 g/mol.